The van der Waals surface area contributed by atoms with Crippen molar-refractivity contribution in [2.24, 2.45) is 12.8 Å². The molecular weight excluding hydrogens is 376 g/mol. The lowest BCUT2D eigenvalue weighted by Crippen LogP contribution is -2.56. The Morgan fingerprint density at radius 3 is 2.69 bits per heavy atom. The second kappa shape index (κ2) is 8.29. The van der Waals surface area contributed by atoms with Crippen molar-refractivity contribution in [3.05, 3.63) is 18.1 Å². The Kier molecular flexibility index (Phi) is 5.80. The molecule has 1 aliphatic rings. The Balaban J connectivity index is 1.86. The number of hydrogen-bond acceptors (Lipinski definition) is 8. The average Bonchev–Trinajstić information content (AvgIpc) is 3.07. The third-order valence-corrected chi connectivity index (χ3v) is 4.84. The smallest absolute Gasteiger partial charge is 0.317 e. The zero-order chi connectivity index (χ0) is 21.1. The summed E-state index contributed by atoms with van der Waals surface area (Å²) >= 11 is 0. The molecule has 0 aliphatic carbocycles. The number of carbonyl (C=O) groups is 2. The normalized spacial score (nSPS) is 19.0. The maximum absolute atomic E-state index is 12.1. The van der Waals surface area contributed by atoms with Crippen LogP contribution in [0.1, 0.15) is 30.3 Å². The van der Waals surface area contributed by atoms with Crippen molar-refractivity contribution < 1.29 is 9.59 Å². The molecule has 1 aliphatic heterocycles. The molecule has 12 heteroatoms. The number of amides is 3. The second-order valence-electron chi connectivity index (χ2n) is 7.23. The van der Waals surface area contributed by atoms with Gasteiger partial charge in [-0.3, -0.25) is 9.48 Å². The van der Waals surface area contributed by atoms with E-state index in [-0.39, 0.29) is 29.6 Å². The number of rotatable bonds is 5. The Hall–Kier alpha value is -3.44. The van der Waals surface area contributed by atoms with E-state index in [4.69, 9.17) is 5.73 Å². The molecule has 3 amide bonds. The van der Waals surface area contributed by atoms with Gasteiger partial charge in [0.05, 0.1) is 17.9 Å². The number of nitrogens with one attached hydrogen (secondary N) is 2. The number of carbonyl (C=O) groups excluding carboxylic acids is 2. The van der Waals surface area contributed by atoms with Crippen molar-refractivity contribution in [2.45, 2.75) is 31.8 Å². The number of primary amides is 1. The van der Waals surface area contributed by atoms with Crippen molar-refractivity contribution in [1.82, 2.24) is 35.2 Å². The van der Waals surface area contributed by atoms with Crippen LogP contribution < -0.4 is 21.3 Å². The predicted molar refractivity (Wildman–Crippen MR) is 107 cm³/mol. The van der Waals surface area contributed by atoms with Gasteiger partial charge in [-0.05, 0) is 19.8 Å². The molecule has 3 heterocycles. The van der Waals surface area contributed by atoms with Crippen molar-refractivity contribution in [3.8, 4) is 0 Å². The molecule has 0 radical (unpaired) electrons. The molecule has 156 valence electrons. The van der Waals surface area contributed by atoms with Crippen molar-refractivity contribution in [3.63, 3.8) is 0 Å². The van der Waals surface area contributed by atoms with Gasteiger partial charge in [0.1, 0.15) is 0 Å². The summed E-state index contributed by atoms with van der Waals surface area (Å²) in [5.41, 5.74) is 6.01. The summed E-state index contributed by atoms with van der Waals surface area (Å²) in [6, 6.07) is -0.265. The first-order valence-corrected chi connectivity index (χ1v) is 9.31. The van der Waals surface area contributed by atoms with Crippen LogP contribution in [0.4, 0.5) is 22.2 Å². The van der Waals surface area contributed by atoms with Gasteiger partial charge >= 0.3 is 6.03 Å². The van der Waals surface area contributed by atoms with Gasteiger partial charge < -0.3 is 26.2 Å². The van der Waals surface area contributed by atoms with Crippen LogP contribution in [0.15, 0.2) is 12.4 Å². The number of urea groups is 1. The SMILES string of the molecule is C[C@@H]1[C@H](NC(=O)N(C)C)CCCN1c1nnc(C(N)=O)c(Nc2cnn(C)c2)n1. The highest BCUT2D eigenvalue weighted by atomic mass is 16.2. The molecule has 0 spiro atoms. The Bertz CT molecular complexity index is 896. The number of aryl methyl sites for hydroxylation is 1. The van der Waals surface area contributed by atoms with Gasteiger partial charge in [0.2, 0.25) is 5.95 Å². The monoisotopic (exact) mass is 402 g/mol. The fraction of sp³-hybridized carbons (Fsp3) is 0.529. The average molecular weight is 402 g/mol. The van der Waals surface area contributed by atoms with Crippen LogP contribution in [-0.4, -0.2) is 74.5 Å². The number of piperidine rings is 1. The summed E-state index contributed by atoms with van der Waals surface area (Å²) in [6.45, 7) is 2.71. The summed E-state index contributed by atoms with van der Waals surface area (Å²) in [5.74, 6) is -0.161. The Labute approximate surface area is 168 Å². The molecule has 2 atom stereocenters. The maximum Gasteiger partial charge on any atom is 0.317 e. The highest BCUT2D eigenvalue weighted by Gasteiger charge is 2.32. The molecule has 4 N–H and O–H groups in total. The summed E-state index contributed by atoms with van der Waals surface area (Å²) in [5, 5.41) is 18.2. The van der Waals surface area contributed by atoms with E-state index in [1.165, 1.54) is 4.90 Å². The lowest BCUT2D eigenvalue weighted by molar-refractivity contribution is 0.0995. The quantitative estimate of drug-likeness (QED) is 0.637. The van der Waals surface area contributed by atoms with Crippen LogP contribution in [0.25, 0.3) is 0 Å². The largest absolute Gasteiger partial charge is 0.364 e. The van der Waals surface area contributed by atoms with Crippen LogP contribution in [0.3, 0.4) is 0 Å². The molecule has 1 fully saturated rings. The minimum Gasteiger partial charge on any atom is -0.364 e. The van der Waals surface area contributed by atoms with E-state index in [0.717, 1.165) is 12.8 Å². The zero-order valence-corrected chi connectivity index (χ0v) is 17.0. The van der Waals surface area contributed by atoms with Gasteiger partial charge in [0.25, 0.3) is 5.91 Å². The molecule has 3 rings (SSSR count). The molecule has 2 aromatic rings. The van der Waals surface area contributed by atoms with Crippen LogP contribution in [0, 0.1) is 0 Å². The molecule has 2 aromatic heterocycles. The Morgan fingerprint density at radius 1 is 1.31 bits per heavy atom. The summed E-state index contributed by atoms with van der Waals surface area (Å²) in [4.78, 5) is 31.8. The minimum atomic E-state index is -0.731. The summed E-state index contributed by atoms with van der Waals surface area (Å²) in [7, 11) is 5.18. The minimum absolute atomic E-state index is 0.0554. The third kappa shape index (κ3) is 4.52. The number of aromatic nitrogens is 5. The van der Waals surface area contributed by atoms with Gasteiger partial charge in [-0.2, -0.15) is 10.1 Å². The fourth-order valence-corrected chi connectivity index (χ4v) is 3.22. The van der Waals surface area contributed by atoms with E-state index in [1.54, 1.807) is 38.2 Å². The molecular formula is C17H26N10O2. The number of nitrogens with zero attached hydrogens (tertiary/aromatic N) is 7. The van der Waals surface area contributed by atoms with Crippen LogP contribution in [-0.2, 0) is 7.05 Å². The highest BCUT2D eigenvalue weighted by Crippen LogP contribution is 2.24. The maximum atomic E-state index is 12.1. The first kappa shape index (κ1) is 20.3. The topological polar surface area (TPSA) is 147 Å². The third-order valence-electron chi connectivity index (χ3n) is 4.84. The standard InChI is InChI=1S/C17H26N10O2/c1-10-12(21-17(29)25(2)3)6-5-7-27(10)16-22-15(13(14(18)28)23-24-16)20-11-8-19-26(4)9-11/h8-10,12H,5-7H2,1-4H3,(H2,18,28)(H,21,29)(H,20,22,24)/t10-,12-/m1/s1. The predicted octanol–water partition coefficient (Wildman–Crippen LogP) is 0.0761. The van der Waals surface area contributed by atoms with Gasteiger partial charge in [0.15, 0.2) is 11.5 Å². The van der Waals surface area contributed by atoms with E-state index in [0.29, 0.717) is 18.2 Å². The van der Waals surface area contributed by atoms with Crippen molar-refractivity contribution in [2.75, 3.05) is 30.9 Å². The first-order valence-electron chi connectivity index (χ1n) is 9.31. The molecule has 0 saturated carbocycles. The number of nitrogens with two attached hydrogens (primary N) is 1. The van der Waals surface area contributed by atoms with Gasteiger partial charge in [-0.25, -0.2) is 4.79 Å². The van der Waals surface area contributed by atoms with E-state index in [1.807, 2.05) is 11.8 Å². The van der Waals surface area contributed by atoms with Gasteiger partial charge in [0, 0.05) is 39.9 Å². The van der Waals surface area contributed by atoms with E-state index < -0.39 is 5.91 Å². The summed E-state index contributed by atoms with van der Waals surface area (Å²) in [6.07, 6.45) is 5.05. The van der Waals surface area contributed by atoms with Gasteiger partial charge in [-0.1, -0.05) is 0 Å². The van der Waals surface area contributed by atoms with Crippen molar-refractivity contribution in [1.29, 1.82) is 0 Å². The second-order valence-corrected chi connectivity index (χ2v) is 7.23. The first-order chi connectivity index (χ1) is 13.8. The van der Waals surface area contributed by atoms with Crippen LogP contribution in [0.5, 0.6) is 0 Å². The number of anilines is 3. The molecule has 0 bridgehead atoms. The fourth-order valence-electron chi connectivity index (χ4n) is 3.22. The lowest BCUT2D eigenvalue weighted by Gasteiger charge is -2.39. The molecule has 0 aromatic carbocycles. The van der Waals surface area contributed by atoms with Gasteiger partial charge in [-0.15, -0.1) is 10.2 Å². The lowest BCUT2D eigenvalue weighted by atomic mass is 9.98. The number of hydrogen-bond donors (Lipinski definition) is 3. The molecule has 29 heavy (non-hydrogen) atoms. The molecule has 0 unspecified atom stereocenters. The zero-order valence-electron chi connectivity index (χ0n) is 17.0. The Morgan fingerprint density at radius 2 is 2.07 bits per heavy atom. The van der Waals surface area contributed by atoms with E-state index in [9.17, 15) is 9.59 Å². The molecule has 12 nitrogen and oxygen atoms in total. The van der Waals surface area contributed by atoms with E-state index in [2.05, 4.69) is 30.9 Å². The highest BCUT2D eigenvalue weighted by molar-refractivity contribution is 5.96. The molecule has 1 saturated heterocycles. The van der Waals surface area contributed by atoms with Crippen LogP contribution in [0.2, 0.25) is 0 Å². The summed E-state index contributed by atoms with van der Waals surface area (Å²) < 4.78 is 1.62. The van der Waals surface area contributed by atoms with Crippen LogP contribution >= 0.6 is 0 Å². The van der Waals surface area contributed by atoms with Crippen molar-refractivity contribution >= 4 is 29.4 Å². The van der Waals surface area contributed by atoms with E-state index >= 15 is 0 Å².